The van der Waals surface area contributed by atoms with Crippen molar-refractivity contribution in [2.45, 2.75) is 38.8 Å². The van der Waals surface area contributed by atoms with Gasteiger partial charge in [-0.1, -0.05) is 42.5 Å². The predicted octanol–water partition coefficient (Wildman–Crippen LogP) is 3.82. The van der Waals surface area contributed by atoms with Crippen LogP contribution in [0.1, 0.15) is 44.4 Å². The van der Waals surface area contributed by atoms with Gasteiger partial charge in [-0.2, -0.15) is 0 Å². The van der Waals surface area contributed by atoms with Gasteiger partial charge in [0.25, 0.3) is 0 Å². The lowest BCUT2D eigenvalue weighted by atomic mass is 9.98. The second kappa shape index (κ2) is 9.78. The normalized spacial score (nSPS) is 12.0. The van der Waals surface area contributed by atoms with Crippen LogP contribution in [-0.4, -0.2) is 31.3 Å². The fourth-order valence-corrected chi connectivity index (χ4v) is 2.63. The Morgan fingerprint density at radius 3 is 2.14 bits per heavy atom. The van der Waals surface area contributed by atoms with E-state index in [2.05, 4.69) is 10.6 Å². The zero-order valence-corrected chi connectivity index (χ0v) is 16.8. The molecule has 0 bridgehead atoms. The Morgan fingerprint density at radius 2 is 1.57 bits per heavy atom. The quantitative estimate of drug-likeness (QED) is 0.761. The molecule has 0 spiro atoms. The SMILES string of the molecule is COc1ccc(C(NC(=O)CCNC(=O)OC(C)(C)C)c2ccccc2)cc1. The molecule has 2 rings (SSSR count). The summed E-state index contributed by atoms with van der Waals surface area (Å²) in [7, 11) is 1.61. The molecule has 150 valence electrons. The van der Waals surface area contributed by atoms with Gasteiger partial charge in [0.15, 0.2) is 0 Å². The first-order chi connectivity index (χ1) is 13.3. The number of methoxy groups -OCH3 is 1. The van der Waals surface area contributed by atoms with Crippen LogP contribution in [0, 0.1) is 0 Å². The average Bonchev–Trinajstić information content (AvgIpc) is 2.65. The molecule has 0 aliphatic rings. The molecule has 0 heterocycles. The summed E-state index contributed by atoms with van der Waals surface area (Å²) in [6.07, 6.45) is -0.381. The second-order valence-electron chi connectivity index (χ2n) is 7.36. The van der Waals surface area contributed by atoms with Crippen molar-refractivity contribution >= 4 is 12.0 Å². The van der Waals surface area contributed by atoms with Gasteiger partial charge in [0, 0.05) is 13.0 Å². The van der Waals surface area contributed by atoms with Crippen molar-refractivity contribution in [2.24, 2.45) is 0 Å². The highest BCUT2D eigenvalue weighted by Crippen LogP contribution is 2.24. The Labute approximate surface area is 166 Å². The van der Waals surface area contributed by atoms with Crippen molar-refractivity contribution in [2.75, 3.05) is 13.7 Å². The van der Waals surface area contributed by atoms with Crippen LogP contribution < -0.4 is 15.4 Å². The smallest absolute Gasteiger partial charge is 0.407 e. The van der Waals surface area contributed by atoms with Crippen LogP contribution in [0.3, 0.4) is 0 Å². The van der Waals surface area contributed by atoms with Crippen LogP contribution >= 0.6 is 0 Å². The van der Waals surface area contributed by atoms with Crippen molar-refractivity contribution < 1.29 is 19.1 Å². The predicted molar refractivity (Wildman–Crippen MR) is 108 cm³/mol. The van der Waals surface area contributed by atoms with E-state index in [1.807, 2.05) is 54.6 Å². The van der Waals surface area contributed by atoms with Crippen molar-refractivity contribution in [3.05, 3.63) is 65.7 Å². The summed E-state index contributed by atoms with van der Waals surface area (Å²) >= 11 is 0. The maximum Gasteiger partial charge on any atom is 0.407 e. The number of amides is 2. The summed E-state index contributed by atoms with van der Waals surface area (Å²) in [6, 6.07) is 17.0. The highest BCUT2D eigenvalue weighted by Gasteiger charge is 2.18. The number of carbonyl (C=O) groups is 2. The molecule has 0 aliphatic carbocycles. The van der Waals surface area contributed by atoms with Gasteiger partial charge in [-0.05, 0) is 44.0 Å². The Hall–Kier alpha value is -3.02. The number of ether oxygens (including phenoxy) is 2. The number of carbonyl (C=O) groups excluding carboxylic acids is 2. The third kappa shape index (κ3) is 6.95. The number of hydrogen-bond acceptors (Lipinski definition) is 4. The lowest BCUT2D eigenvalue weighted by Crippen LogP contribution is -2.36. The first kappa shape index (κ1) is 21.3. The van der Waals surface area contributed by atoms with Gasteiger partial charge in [0.05, 0.1) is 13.2 Å². The second-order valence-corrected chi connectivity index (χ2v) is 7.36. The van der Waals surface area contributed by atoms with E-state index in [0.29, 0.717) is 0 Å². The first-order valence-corrected chi connectivity index (χ1v) is 9.23. The summed E-state index contributed by atoms with van der Waals surface area (Å²) in [5, 5.41) is 5.64. The molecular weight excluding hydrogens is 356 g/mol. The van der Waals surface area contributed by atoms with Crippen molar-refractivity contribution in [1.29, 1.82) is 0 Å². The third-order valence-corrected chi connectivity index (χ3v) is 3.91. The topological polar surface area (TPSA) is 76.7 Å². The maximum absolute atomic E-state index is 12.5. The minimum Gasteiger partial charge on any atom is -0.497 e. The lowest BCUT2D eigenvalue weighted by Gasteiger charge is -2.21. The number of nitrogens with one attached hydrogen (secondary N) is 2. The lowest BCUT2D eigenvalue weighted by molar-refractivity contribution is -0.121. The van der Waals surface area contributed by atoms with Crippen LogP contribution in [-0.2, 0) is 9.53 Å². The summed E-state index contributed by atoms with van der Waals surface area (Å²) < 4.78 is 10.4. The minimum atomic E-state index is -0.570. The molecule has 0 saturated carbocycles. The zero-order chi connectivity index (χ0) is 20.6. The molecule has 2 N–H and O–H groups in total. The van der Waals surface area contributed by atoms with Gasteiger partial charge < -0.3 is 20.1 Å². The molecule has 0 aliphatic heterocycles. The highest BCUT2D eigenvalue weighted by molar-refractivity contribution is 5.78. The van der Waals surface area contributed by atoms with Crippen LogP contribution in [0.4, 0.5) is 4.79 Å². The molecule has 2 aromatic rings. The van der Waals surface area contributed by atoms with Gasteiger partial charge in [-0.15, -0.1) is 0 Å². The summed E-state index contributed by atoms with van der Waals surface area (Å²) in [5.74, 6) is 0.587. The van der Waals surface area contributed by atoms with E-state index in [4.69, 9.17) is 9.47 Å². The van der Waals surface area contributed by atoms with Gasteiger partial charge in [-0.25, -0.2) is 4.79 Å². The monoisotopic (exact) mass is 384 g/mol. The van der Waals surface area contributed by atoms with E-state index in [-0.39, 0.29) is 24.9 Å². The standard InChI is InChI=1S/C22H28N2O4/c1-22(2,3)28-21(26)23-15-14-19(25)24-20(16-8-6-5-7-9-16)17-10-12-18(27-4)13-11-17/h5-13,20H,14-15H2,1-4H3,(H,23,26)(H,24,25). The third-order valence-electron chi connectivity index (χ3n) is 3.91. The molecule has 2 amide bonds. The summed E-state index contributed by atoms with van der Waals surface area (Å²) in [4.78, 5) is 24.2. The molecular formula is C22H28N2O4. The minimum absolute atomic E-state index is 0.152. The summed E-state index contributed by atoms with van der Waals surface area (Å²) in [6.45, 7) is 5.57. The fourth-order valence-electron chi connectivity index (χ4n) is 2.63. The van der Waals surface area contributed by atoms with E-state index >= 15 is 0 Å². The average molecular weight is 384 g/mol. The van der Waals surface area contributed by atoms with Gasteiger partial charge in [0.2, 0.25) is 5.91 Å². The fraction of sp³-hybridized carbons (Fsp3) is 0.364. The molecule has 2 aromatic carbocycles. The molecule has 6 heteroatoms. The molecule has 1 unspecified atom stereocenters. The van der Waals surface area contributed by atoms with E-state index in [9.17, 15) is 9.59 Å². The first-order valence-electron chi connectivity index (χ1n) is 9.23. The van der Waals surface area contributed by atoms with E-state index in [0.717, 1.165) is 16.9 Å². The summed E-state index contributed by atoms with van der Waals surface area (Å²) in [5.41, 5.74) is 1.35. The van der Waals surface area contributed by atoms with Crippen molar-refractivity contribution in [3.8, 4) is 5.75 Å². The number of rotatable bonds is 7. The van der Waals surface area contributed by atoms with Crippen LogP contribution in [0.25, 0.3) is 0 Å². The maximum atomic E-state index is 12.5. The van der Waals surface area contributed by atoms with Crippen molar-refractivity contribution in [3.63, 3.8) is 0 Å². The Kier molecular flexibility index (Phi) is 7.44. The molecule has 1 atom stereocenters. The van der Waals surface area contributed by atoms with Crippen LogP contribution in [0.2, 0.25) is 0 Å². The van der Waals surface area contributed by atoms with Gasteiger partial charge in [-0.3, -0.25) is 4.79 Å². The highest BCUT2D eigenvalue weighted by atomic mass is 16.6. The molecule has 0 saturated heterocycles. The molecule has 6 nitrogen and oxygen atoms in total. The van der Waals surface area contributed by atoms with E-state index in [1.165, 1.54) is 0 Å². The zero-order valence-electron chi connectivity index (χ0n) is 16.8. The van der Waals surface area contributed by atoms with Crippen molar-refractivity contribution in [1.82, 2.24) is 10.6 Å². The number of alkyl carbamates (subject to hydrolysis) is 1. The Bertz CT molecular complexity index is 767. The Morgan fingerprint density at radius 1 is 0.964 bits per heavy atom. The Balaban J connectivity index is 2.00. The molecule has 0 radical (unpaired) electrons. The molecule has 0 aromatic heterocycles. The van der Waals surface area contributed by atoms with Gasteiger partial charge in [0.1, 0.15) is 11.4 Å². The van der Waals surface area contributed by atoms with Crippen LogP contribution in [0.15, 0.2) is 54.6 Å². The van der Waals surface area contributed by atoms with E-state index < -0.39 is 11.7 Å². The van der Waals surface area contributed by atoms with Gasteiger partial charge >= 0.3 is 6.09 Å². The number of hydrogen-bond donors (Lipinski definition) is 2. The van der Waals surface area contributed by atoms with Crippen LogP contribution in [0.5, 0.6) is 5.75 Å². The van der Waals surface area contributed by atoms with E-state index in [1.54, 1.807) is 27.9 Å². The number of benzene rings is 2. The molecule has 28 heavy (non-hydrogen) atoms. The molecule has 0 fully saturated rings. The largest absolute Gasteiger partial charge is 0.497 e.